The highest BCUT2D eigenvalue weighted by Gasteiger charge is 2.19. The minimum absolute atomic E-state index is 0.284. The largest absolute Gasteiger partial charge is 0.457 e. The molecule has 0 unspecified atom stereocenters. The lowest BCUT2D eigenvalue weighted by Gasteiger charge is -2.24. The number of carbonyl (C=O) groups excluding carboxylic acids is 1. The van der Waals surface area contributed by atoms with Crippen molar-refractivity contribution >= 4 is 35.1 Å². The monoisotopic (exact) mass is 521 g/mol. The second-order valence-corrected chi connectivity index (χ2v) is 9.30. The van der Waals surface area contributed by atoms with Crippen LogP contribution in [0.25, 0.3) is 0 Å². The van der Waals surface area contributed by atoms with Crippen molar-refractivity contribution in [2.24, 2.45) is 0 Å². The summed E-state index contributed by atoms with van der Waals surface area (Å²) in [6.07, 6.45) is 1.89. The molecule has 0 atom stereocenters. The fourth-order valence-corrected chi connectivity index (χ4v) is 4.53. The summed E-state index contributed by atoms with van der Waals surface area (Å²) in [7, 11) is 0. The van der Waals surface area contributed by atoms with Gasteiger partial charge in [0.25, 0.3) is 0 Å². The number of aromatic nitrogens is 1. The molecule has 36 heavy (non-hydrogen) atoms. The number of ether oxygens (including phenoxy) is 1. The maximum absolute atomic E-state index is 13.4. The molecule has 0 saturated carbocycles. The van der Waals surface area contributed by atoms with E-state index in [2.05, 4.69) is 10.3 Å². The lowest BCUT2D eigenvalue weighted by molar-refractivity contribution is 0.206. The van der Waals surface area contributed by atoms with Gasteiger partial charge in [-0.2, -0.15) is 0 Å². The second-order valence-electron chi connectivity index (χ2n) is 8.10. The van der Waals surface area contributed by atoms with E-state index in [0.717, 1.165) is 16.8 Å². The number of hydrogen-bond acceptors (Lipinski definition) is 4. The van der Waals surface area contributed by atoms with Gasteiger partial charge < -0.3 is 15.0 Å². The third kappa shape index (κ3) is 6.77. The van der Waals surface area contributed by atoms with Crippen molar-refractivity contribution in [2.75, 3.05) is 11.6 Å². The molecule has 0 aliphatic heterocycles. The van der Waals surface area contributed by atoms with Crippen LogP contribution < -0.4 is 10.1 Å². The van der Waals surface area contributed by atoms with Crippen LogP contribution in [0.4, 0.5) is 14.9 Å². The van der Waals surface area contributed by atoms with Crippen molar-refractivity contribution in [2.45, 2.75) is 25.0 Å². The molecule has 4 rings (SSSR count). The van der Waals surface area contributed by atoms with E-state index < -0.39 is 0 Å². The third-order valence-electron chi connectivity index (χ3n) is 5.34. The zero-order chi connectivity index (χ0) is 25.5. The van der Waals surface area contributed by atoms with E-state index in [9.17, 15) is 9.18 Å². The van der Waals surface area contributed by atoms with Gasteiger partial charge in [0, 0.05) is 18.8 Å². The highest BCUT2D eigenvalue weighted by Crippen LogP contribution is 2.32. The molecular weight excluding hydrogens is 497 g/mol. The summed E-state index contributed by atoms with van der Waals surface area (Å²) in [5.74, 6) is 0.843. The van der Waals surface area contributed by atoms with E-state index >= 15 is 0 Å². The number of rotatable bonds is 8. The molecule has 8 heteroatoms. The Labute approximate surface area is 219 Å². The molecule has 0 bridgehead atoms. The number of carbonyl (C=O) groups is 1. The van der Waals surface area contributed by atoms with Crippen molar-refractivity contribution in [1.29, 1.82) is 0 Å². The van der Waals surface area contributed by atoms with E-state index in [1.807, 2.05) is 67.8 Å². The van der Waals surface area contributed by atoms with Crippen molar-refractivity contribution in [1.82, 2.24) is 9.88 Å². The van der Waals surface area contributed by atoms with Crippen molar-refractivity contribution in [3.05, 3.63) is 113 Å². The molecule has 0 spiro atoms. The summed E-state index contributed by atoms with van der Waals surface area (Å²) in [5.41, 5.74) is 3.21. The van der Waals surface area contributed by atoms with Crippen molar-refractivity contribution in [3.63, 3.8) is 0 Å². The number of hydrogen-bond donors (Lipinski definition) is 1. The van der Waals surface area contributed by atoms with Gasteiger partial charge >= 0.3 is 6.03 Å². The Morgan fingerprint density at radius 3 is 2.17 bits per heavy atom. The van der Waals surface area contributed by atoms with Crippen LogP contribution in [0.5, 0.6) is 11.5 Å². The average Bonchev–Trinajstić information content (AvgIpc) is 2.88. The Morgan fingerprint density at radius 2 is 1.56 bits per heavy atom. The molecule has 3 aromatic carbocycles. The van der Waals surface area contributed by atoms with Crippen molar-refractivity contribution in [3.8, 4) is 11.5 Å². The highest BCUT2D eigenvalue weighted by molar-refractivity contribution is 7.98. The molecule has 0 aliphatic rings. The molecular formula is C28H25ClFN3O2S. The SMILES string of the molecule is CSc1nc(C)cc(Cl)c1NC(=O)N(Cc1ccccc1)Cc1ccc(Oc2ccc(F)cc2)cc1. The molecule has 1 N–H and O–H groups in total. The number of aryl methyl sites for hydroxylation is 1. The van der Waals surface area contributed by atoms with Crippen LogP contribution in [0.3, 0.4) is 0 Å². The fraction of sp³-hybridized carbons (Fsp3) is 0.143. The first-order valence-corrected chi connectivity index (χ1v) is 12.8. The topological polar surface area (TPSA) is 54.5 Å². The maximum atomic E-state index is 13.4. The van der Waals surface area contributed by atoms with Gasteiger partial charge in [-0.15, -0.1) is 11.8 Å². The van der Waals surface area contributed by atoms with Crippen LogP contribution in [0, 0.1) is 12.7 Å². The predicted octanol–water partition coefficient (Wildman–Crippen LogP) is 7.93. The third-order valence-corrected chi connectivity index (χ3v) is 6.32. The Kier molecular flexibility index (Phi) is 8.46. The normalized spacial score (nSPS) is 10.7. The molecule has 0 saturated heterocycles. The number of amides is 2. The number of benzene rings is 3. The number of nitrogens with zero attached hydrogens (tertiary/aromatic N) is 2. The average molecular weight is 522 g/mol. The minimum atomic E-state index is -0.318. The Morgan fingerprint density at radius 1 is 0.972 bits per heavy atom. The minimum Gasteiger partial charge on any atom is -0.457 e. The first kappa shape index (κ1) is 25.5. The first-order valence-electron chi connectivity index (χ1n) is 11.2. The van der Waals surface area contributed by atoms with E-state index in [4.69, 9.17) is 16.3 Å². The summed E-state index contributed by atoms with van der Waals surface area (Å²) in [4.78, 5) is 19.6. The summed E-state index contributed by atoms with van der Waals surface area (Å²) in [6.45, 7) is 2.64. The fourth-order valence-electron chi connectivity index (χ4n) is 3.58. The number of nitrogens with one attached hydrogen (secondary N) is 1. The first-order chi connectivity index (χ1) is 17.4. The number of urea groups is 1. The zero-order valence-corrected chi connectivity index (χ0v) is 21.4. The Hall–Kier alpha value is -3.55. The Balaban J connectivity index is 1.53. The molecule has 2 amide bonds. The molecule has 1 heterocycles. The number of thioether (sulfide) groups is 1. The van der Waals surface area contributed by atoms with Crippen LogP contribution in [0.15, 0.2) is 90.0 Å². The second kappa shape index (κ2) is 11.9. The quantitative estimate of drug-likeness (QED) is 0.239. The number of halogens is 2. The molecule has 0 radical (unpaired) electrons. The van der Waals surface area contributed by atoms with Crippen LogP contribution in [0.1, 0.15) is 16.8 Å². The Bertz CT molecular complexity index is 1320. The summed E-state index contributed by atoms with van der Waals surface area (Å²) >= 11 is 7.88. The van der Waals surface area contributed by atoms with Crippen molar-refractivity contribution < 1.29 is 13.9 Å². The van der Waals surface area contributed by atoms with Gasteiger partial charge in [-0.05, 0) is 66.8 Å². The predicted molar refractivity (Wildman–Crippen MR) is 143 cm³/mol. The molecule has 4 aromatic rings. The lowest BCUT2D eigenvalue weighted by Crippen LogP contribution is -2.34. The van der Waals surface area contributed by atoms with Gasteiger partial charge in [0.1, 0.15) is 22.3 Å². The van der Waals surface area contributed by atoms with E-state index in [1.54, 1.807) is 23.1 Å². The zero-order valence-electron chi connectivity index (χ0n) is 19.9. The number of anilines is 1. The van der Waals surface area contributed by atoms with Crippen LogP contribution in [0.2, 0.25) is 5.02 Å². The summed E-state index contributed by atoms with van der Waals surface area (Å²) in [6, 6.07) is 24.5. The maximum Gasteiger partial charge on any atom is 0.322 e. The van der Waals surface area contributed by atoms with Crippen LogP contribution in [-0.2, 0) is 13.1 Å². The van der Waals surface area contributed by atoms with Gasteiger partial charge in [0.2, 0.25) is 0 Å². The lowest BCUT2D eigenvalue weighted by atomic mass is 10.1. The highest BCUT2D eigenvalue weighted by atomic mass is 35.5. The number of pyridine rings is 1. The van der Waals surface area contributed by atoms with Gasteiger partial charge in [0.15, 0.2) is 0 Å². The van der Waals surface area contributed by atoms with E-state index in [1.165, 1.54) is 23.9 Å². The summed E-state index contributed by atoms with van der Waals surface area (Å²) < 4.78 is 18.9. The van der Waals surface area contributed by atoms with Crippen LogP contribution in [-0.4, -0.2) is 22.2 Å². The van der Waals surface area contributed by atoms with Gasteiger partial charge in [-0.3, -0.25) is 0 Å². The van der Waals surface area contributed by atoms with E-state index in [-0.39, 0.29) is 11.8 Å². The van der Waals surface area contributed by atoms with Crippen LogP contribution >= 0.6 is 23.4 Å². The van der Waals surface area contributed by atoms with Gasteiger partial charge in [0.05, 0.1) is 10.7 Å². The molecule has 0 aliphatic carbocycles. The van der Waals surface area contributed by atoms with E-state index in [0.29, 0.717) is 40.3 Å². The molecule has 5 nitrogen and oxygen atoms in total. The van der Waals surface area contributed by atoms with Gasteiger partial charge in [-0.25, -0.2) is 14.2 Å². The van der Waals surface area contributed by atoms with Gasteiger partial charge in [-0.1, -0.05) is 54.1 Å². The smallest absolute Gasteiger partial charge is 0.322 e. The molecule has 1 aromatic heterocycles. The molecule has 184 valence electrons. The molecule has 0 fully saturated rings. The standard InChI is InChI=1S/C28H25ClFN3O2S/c1-19-16-25(29)26(27(31-19)36-2)32-28(34)33(17-20-6-4-3-5-7-20)18-21-8-12-23(13-9-21)35-24-14-10-22(30)11-15-24/h3-16H,17-18H2,1-2H3,(H,32,34). The summed E-state index contributed by atoms with van der Waals surface area (Å²) in [5, 5.41) is 4.07.